The van der Waals surface area contributed by atoms with Crippen molar-refractivity contribution >= 4 is 11.6 Å². The van der Waals surface area contributed by atoms with Crippen molar-refractivity contribution in [2.75, 3.05) is 11.9 Å². The molecular formula is C17H19NO3. The van der Waals surface area contributed by atoms with E-state index in [0.29, 0.717) is 11.3 Å². The van der Waals surface area contributed by atoms with Gasteiger partial charge in [-0.15, -0.1) is 0 Å². The van der Waals surface area contributed by atoms with Crippen LogP contribution in [0.4, 0.5) is 5.69 Å². The number of nitrogens with one attached hydrogen (secondary N) is 1. The molecule has 0 saturated heterocycles. The molecule has 2 aromatic carbocycles. The van der Waals surface area contributed by atoms with Crippen LogP contribution >= 0.6 is 0 Å². The Kier molecular flexibility index (Phi) is 4.95. The summed E-state index contributed by atoms with van der Waals surface area (Å²) in [4.78, 5) is 11.8. The first-order chi connectivity index (χ1) is 10.1. The third-order valence-corrected chi connectivity index (χ3v) is 3.03. The maximum Gasteiger partial charge on any atom is 0.262 e. The third kappa shape index (κ3) is 4.33. The Balaban J connectivity index is 1.98. The van der Waals surface area contributed by atoms with E-state index in [1.54, 1.807) is 13.0 Å². The van der Waals surface area contributed by atoms with Gasteiger partial charge >= 0.3 is 0 Å². The predicted octanol–water partition coefficient (Wildman–Crippen LogP) is 3.07. The summed E-state index contributed by atoms with van der Waals surface area (Å²) in [5.41, 5.74) is 2.44. The Hall–Kier alpha value is -2.33. The summed E-state index contributed by atoms with van der Waals surface area (Å²) in [5, 5.41) is 12.5. The maximum atomic E-state index is 11.8. The molecule has 0 aliphatic carbocycles. The molecule has 0 aromatic heterocycles. The Labute approximate surface area is 124 Å². The summed E-state index contributed by atoms with van der Waals surface area (Å²) >= 11 is 0. The zero-order chi connectivity index (χ0) is 15.2. The summed E-state index contributed by atoms with van der Waals surface area (Å²) in [6.45, 7) is 3.52. The average Bonchev–Trinajstić information content (AvgIpc) is 2.47. The highest BCUT2D eigenvalue weighted by Crippen LogP contribution is 2.26. The van der Waals surface area contributed by atoms with Crippen LogP contribution in [0.3, 0.4) is 0 Å². The molecule has 0 aliphatic heterocycles. The van der Waals surface area contributed by atoms with E-state index in [1.807, 2.05) is 49.4 Å². The minimum Gasteiger partial charge on any atom is -0.483 e. The van der Waals surface area contributed by atoms with E-state index in [1.165, 1.54) is 0 Å². The topological polar surface area (TPSA) is 58.6 Å². The molecule has 0 fully saturated rings. The number of hydrogen-bond donors (Lipinski definition) is 2. The molecule has 4 heteroatoms. The van der Waals surface area contributed by atoms with Crippen molar-refractivity contribution in [1.29, 1.82) is 0 Å². The van der Waals surface area contributed by atoms with Crippen molar-refractivity contribution in [3.8, 4) is 5.75 Å². The molecule has 110 valence electrons. The number of anilines is 1. The first kappa shape index (κ1) is 15.1. The van der Waals surface area contributed by atoms with E-state index in [0.717, 1.165) is 11.3 Å². The van der Waals surface area contributed by atoms with Crippen LogP contribution in [0.15, 0.2) is 48.5 Å². The first-order valence-electron chi connectivity index (χ1n) is 6.82. The molecule has 0 aliphatic rings. The second-order valence-corrected chi connectivity index (χ2v) is 4.92. The van der Waals surface area contributed by atoms with Crippen LogP contribution in [0.25, 0.3) is 0 Å². The van der Waals surface area contributed by atoms with Gasteiger partial charge in [-0.1, -0.05) is 29.8 Å². The number of ether oxygens (including phenoxy) is 1. The molecule has 1 amide bonds. The summed E-state index contributed by atoms with van der Waals surface area (Å²) in [6.07, 6.45) is -0.642. The van der Waals surface area contributed by atoms with E-state index < -0.39 is 6.10 Å². The summed E-state index contributed by atoms with van der Waals surface area (Å²) in [6, 6.07) is 14.7. The lowest BCUT2D eigenvalue weighted by molar-refractivity contribution is -0.118. The van der Waals surface area contributed by atoms with Crippen molar-refractivity contribution in [3.05, 3.63) is 59.7 Å². The lowest BCUT2D eigenvalue weighted by Gasteiger charge is -2.14. The second kappa shape index (κ2) is 6.90. The van der Waals surface area contributed by atoms with Crippen LogP contribution in [-0.2, 0) is 4.79 Å². The molecular weight excluding hydrogens is 266 g/mol. The summed E-state index contributed by atoms with van der Waals surface area (Å²) in [7, 11) is 0. The highest BCUT2D eigenvalue weighted by molar-refractivity contribution is 5.91. The van der Waals surface area contributed by atoms with E-state index in [2.05, 4.69) is 5.32 Å². The van der Waals surface area contributed by atoms with Crippen LogP contribution in [0.2, 0.25) is 0 Å². The van der Waals surface area contributed by atoms with Crippen LogP contribution < -0.4 is 10.1 Å². The SMILES string of the molecule is Cc1ccc(OCC(=O)Nc2ccccc2)c([C@H](C)O)c1. The quantitative estimate of drug-likeness (QED) is 0.887. The molecule has 4 nitrogen and oxygen atoms in total. The van der Waals surface area contributed by atoms with Gasteiger partial charge in [0.1, 0.15) is 5.75 Å². The van der Waals surface area contributed by atoms with Crippen molar-refractivity contribution in [2.24, 2.45) is 0 Å². The van der Waals surface area contributed by atoms with Crippen molar-refractivity contribution < 1.29 is 14.6 Å². The van der Waals surface area contributed by atoms with Gasteiger partial charge in [-0.05, 0) is 38.1 Å². The monoisotopic (exact) mass is 285 g/mol. The van der Waals surface area contributed by atoms with Crippen molar-refractivity contribution in [2.45, 2.75) is 20.0 Å². The van der Waals surface area contributed by atoms with Gasteiger partial charge in [0, 0.05) is 11.3 Å². The van der Waals surface area contributed by atoms with Gasteiger partial charge in [0.15, 0.2) is 6.61 Å². The predicted molar refractivity (Wildman–Crippen MR) is 82.4 cm³/mol. The molecule has 2 rings (SSSR count). The van der Waals surface area contributed by atoms with E-state index in [4.69, 9.17) is 4.74 Å². The number of carbonyl (C=O) groups excluding carboxylic acids is 1. The van der Waals surface area contributed by atoms with Gasteiger partial charge in [-0.25, -0.2) is 0 Å². The number of amides is 1. The number of aryl methyl sites for hydroxylation is 1. The fourth-order valence-electron chi connectivity index (χ4n) is 1.99. The fraction of sp³-hybridized carbons (Fsp3) is 0.235. The molecule has 0 unspecified atom stereocenters. The average molecular weight is 285 g/mol. The molecule has 0 radical (unpaired) electrons. The first-order valence-corrected chi connectivity index (χ1v) is 6.82. The highest BCUT2D eigenvalue weighted by atomic mass is 16.5. The fourth-order valence-corrected chi connectivity index (χ4v) is 1.99. The summed E-state index contributed by atoms with van der Waals surface area (Å²) < 4.78 is 5.52. The third-order valence-electron chi connectivity index (χ3n) is 3.03. The molecule has 0 heterocycles. The molecule has 1 atom stereocenters. The van der Waals surface area contributed by atoms with Gasteiger partial charge in [-0.2, -0.15) is 0 Å². The standard InChI is InChI=1S/C17H19NO3/c1-12-8-9-16(15(10-12)13(2)19)21-11-17(20)18-14-6-4-3-5-7-14/h3-10,13,19H,11H2,1-2H3,(H,18,20)/t13-/m0/s1. The largest absolute Gasteiger partial charge is 0.483 e. The lowest BCUT2D eigenvalue weighted by atomic mass is 10.1. The molecule has 21 heavy (non-hydrogen) atoms. The minimum absolute atomic E-state index is 0.0995. The van der Waals surface area contributed by atoms with Gasteiger partial charge in [0.25, 0.3) is 5.91 Å². The number of benzene rings is 2. The number of rotatable bonds is 5. The van der Waals surface area contributed by atoms with Gasteiger partial charge in [-0.3, -0.25) is 4.79 Å². The lowest BCUT2D eigenvalue weighted by Crippen LogP contribution is -2.20. The Bertz CT molecular complexity index is 609. The molecule has 2 N–H and O–H groups in total. The Morgan fingerprint density at radius 3 is 2.62 bits per heavy atom. The summed E-state index contributed by atoms with van der Waals surface area (Å²) in [5.74, 6) is 0.289. The smallest absolute Gasteiger partial charge is 0.262 e. The number of aliphatic hydroxyl groups excluding tert-OH is 1. The van der Waals surface area contributed by atoms with Crippen LogP contribution in [0.1, 0.15) is 24.2 Å². The normalized spacial score (nSPS) is 11.8. The zero-order valence-electron chi connectivity index (χ0n) is 12.2. The Morgan fingerprint density at radius 2 is 1.95 bits per heavy atom. The van der Waals surface area contributed by atoms with Gasteiger partial charge in [0.05, 0.1) is 6.10 Å². The van der Waals surface area contributed by atoms with Crippen LogP contribution in [0.5, 0.6) is 5.75 Å². The van der Waals surface area contributed by atoms with E-state index >= 15 is 0 Å². The zero-order valence-corrected chi connectivity index (χ0v) is 12.2. The molecule has 0 saturated carbocycles. The van der Waals surface area contributed by atoms with Crippen molar-refractivity contribution in [3.63, 3.8) is 0 Å². The Morgan fingerprint density at radius 1 is 1.24 bits per heavy atom. The number of carbonyl (C=O) groups is 1. The van der Waals surface area contributed by atoms with Crippen LogP contribution in [0, 0.1) is 6.92 Å². The molecule has 0 bridgehead atoms. The van der Waals surface area contributed by atoms with Crippen LogP contribution in [-0.4, -0.2) is 17.6 Å². The molecule has 2 aromatic rings. The second-order valence-electron chi connectivity index (χ2n) is 4.92. The number of hydrogen-bond acceptors (Lipinski definition) is 3. The number of aliphatic hydroxyl groups is 1. The minimum atomic E-state index is -0.642. The van der Waals surface area contributed by atoms with E-state index in [9.17, 15) is 9.90 Å². The van der Waals surface area contributed by atoms with Gasteiger partial charge < -0.3 is 15.2 Å². The van der Waals surface area contributed by atoms with Crippen molar-refractivity contribution in [1.82, 2.24) is 0 Å². The molecule has 0 spiro atoms. The van der Waals surface area contributed by atoms with E-state index in [-0.39, 0.29) is 12.5 Å². The number of para-hydroxylation sites is 1. The highest BCUT2D eigenvalue weighted by Gasteiger charge is 2.11. The van der Waals surface area contributed by atoms with Gasteiger partial charge in [0.2, 0.25) is 0 Å². The maximum absolute atomic E-state index is 11.8.